The van der Waals surface area contributed by atoms with Gasteiger partial charge in [0.05, 0.1) is 15.6 Å². The Kier molecular flexibility index (Phi) is 5.95. The average Bonchev–Trinajstić information content (AvgIpc) is 2.75. The normalized spacial score (nSPS) is 18.6. The number of benzene rings is 1. The lowest BCUT2D eigenvalue weighted by Gasteiger charge is -1.98. The molecule has 1 amide bonds. The number of aliphatic imine (C=N–C) groups is 1. The van der Waals surface area contributed by atoms with E-state index in [1.54, 1.807) is 18.2 Å². The Hall–Kier alpha value is -1.26. The molecule has 1 saturated heterocycles. The molecule has 1 aromatic rings. The van der Waals surface area contributed by atoms with Crippen molar-refractivity contribution in [2.75, 3.05) is 0 Å². The number of nitrogens with one attached hydrogen (secondary N) is 1. The van der Waals surface area contributed by atoms with E-state index in [-0.39, 0.29) is 5.91 Å². The van der Waals surface area contributed by atoms with Gasteiger partial charge in [-0.05, 0) is 30.8 Å². The van der Waals surface area contributed by atoms with Gasteiger partial charge < -0.3 is 5.32 Å². The number of nitrogens with zero attached hydrogens (tertiary/aromatic N) is 1. The Morgan fingerprint density at radius 3 is 2.56 bits per heavy atom. The summed E-state index contributed by atoms with van der Waals surface area (Å²) in [5.74, 6) is -0.113. The number of amidine groups is 1. The summed E-state index contributed by atoms with van der Waals surface area (Å²) in [5.41, 5.74) is 0.657. The predicted molar refractivity (Wildman–Crippen MR) is 79.4 cm³/mol. The van der Waals surface area contributed by atoms with Crippen LogP contribution in [0.2, 0.25) is 5.02 Å². The smallest absolute Gasteiger partial charge is 0.263 e. The van der Waals surface area contributed by atoms with Gasteiger partial charge in [-0.25, -0.2) is 4.99 Å². The molecule has 1 heterocycles. The van der Waals surface area contributed by atoms with E-state index in [0.717, 1.165) is 0 Å². The molecule has 3 nitrogen and oxygen atoms in total. The van der Waals surface area contributed by atoms with Crippen LogP contribution in [-0.4, -0.2) is 11.1 Å². The van der Waals surface area contributed by atoms with E-state index >= 15 is 0 Å². The van der Waals surface area contributed by atoms with Gasteiger partial charge in [-0.1, -0.05) is 43.7 Å². The highest BCUT2D eigenvalue weighted by molar-refractivity contribution is 8.18. The Morgan fingerprint density at radius 2 is 2.00 bits per heavy atom. The molecule has 1 aliphatic heterocycles. The number of hydrogen-bond donors (Lipinski definition) is 1. The minimum absolute atomic E-state index is 0.113. The molecule has 1 aliphatic rings. The number of hydrogen-bond acceptors (Lipinski definition) is 3. The predicted octanol–water partition coefficient (Wildman–Crippen LogP) is 4.12. The van der Waals surface area contributed by atoms with Gasteiger partial charge >= 0.3 is 0 Å². The van der Waals surface area contributed by atoms with Gasteiger partial charge in [-0.3, -0.25) is 4.79 Å². The standard InChI is InChI=1S/C11H9ClN2OS.C2H6/c1-2-9-10(15)14-11(16-9)13-8-6-4-3-5-7(8)12;1-2/h2-6H,1H3,(H,13,14,15);1-2H3. The number of carbonyl (C=O) groups excluding carboxylic acids is 1. The first-order valence-corrected chi connectivity index (χ1v) is 6.89. The molecule has 1 N–H and O–H groups in total. The van der Waals surface area contributed by atoms with Gasteiger partial charge in [-0.2, -0.15) is 0 Å². The molecule has 0 radical (unpaired) electrons. The van der Waals surface area contributed by atoms with E-state index in [4.69, 9.17) is 11.6 Å². The third-order valence-electron chi connectivity index (χ3n) is 1.99. The van der Waals surface area contributed by atoms with Crippen LogP contribution in [0.4, 0.5) is 5.69 Å². The highest BCUT2D eigenvalue weighted by Gasteiger charge is 2.22. The lowest BCUT2D eigenvalue weighted by atomic mass is 10.3. The molecular weight excluding hydrogens is 268 g/mol. The van der Waals surface area contributed by atoms with Crippen molar-refractivity contribution in [3.05, 3.63) is 40.3 Å². The number of amides is 1. The maximum Gasteiger partial charge on any atom is 0.263 e. The Bertz CT molecular complexity index is 498. The number of thioether (sulfide) groups is 1. The fraction of sp³-hybridized carbons (Fsp3) is 0.231. The van der Waals surface area contributed by atoms with Crippen molar-refractivity contribution in [1.29, 1.82) is 0 Å². The van der Waals surface area contributed by atoms with Crippen LogP contribution in [0.25, 0.3) is 0 Å². The molecule has 0 bridgehead atoms. The van der Waals surface area contributed by atoms with Crippen LogP contribution in [0, 0.1) is 0 Å². The monoisotopic (exact) mass is 282 g/mol. The molecule has 0 aliphatic carbocycles. The highest BCUT2D eigenvalue weighted by atomic mass is 35.5. The molecule has 1 fully saturated rings. The van der Waals surface area contributed by atoms with Gasteiger partial charge in [0.2, 0.25) is 0 Å². The summed E-state index contributed by atoms with van der Waals surface area (Å²) in [7, 11) is 0. The lowest BCUT2D eigenvalue weighted by molar-refractivity contribution is -0.115. The summed E-state index contributed by atoms with van der Waals surface area (Å²) >= 11 is 7.28. The number of allylic oxidation sites excluding steroid dienone is 1. The highest BCUT2D eigenvalue weighted by Crippen LogP contribution is 2.29. The van der Waals surface area contributed by atoms with Crippen LogP contribution in [0.1, 0.15) is 20.8 Å². The fourth-order valence-corrected chi connectivity index (χ4v) is 2.16. The summed E-state index contributed by atoms with van der Waals surface area (Å²) in [6.07, 6.45) is 1.76. The maximum absolute atomic E-state index is 11.4. The zero-order valence-electron chi connectivity index (χ0n) is 10.5. The van der Waals surface area contributed by atoms with Gasteiger partial charge in [0.25, 0.3) is 5.91 Å². The van der Waals surface area contributed by atoms with Crippen LogP contribution in [-0.2, 0) is 4.79 Å². The summed E-state index contributed by atoms with van der Waals surface area (Å²) in [6, 6.07) is 7.25. The van der Waals surface area contributed by atoms with Crippen molar-refractivity contribution in [2.45, 2.75) is 20.8 Å². The molecule has 0 saturated carbocycles. The second kappa shape index (κ2) is 7.24. The quantitative estimate of drug-likeness (QED) is 0.787. The molecule has 0 aromatic heterocycles. The molecule has 18 heavy (non-hydrogen) atoms. The molecular formula is C13H15ClN2OS. The van der Waals surface area contributed by atoms with Crippen molar-refractivity contribution >= 4 is 40.1 Å². The third kappa shape index (κ3) is 3.62. The SMILES string of the molecule is CC.CC=C1SC(=Nc2ccccc2Cl)NC1=O. The van der Waals surface area contributed by atoms with Crippen LogP contribution >= 0.6 is 23.4 Å². The first-order valence-electron chi connectivity index (χ1n) is 5.69. The first-order chi connectivity index (χ1) is 8.70. The van der Waals surface area contributed by atoms with Gasteiger partial charge in [0.1, 0.15) is 0 Å². The van der Waals surface area contributed by atoms with E-state index in [1.165, 1.54) is 11.8 Å². The molecule has 96 valence electrons. The number of halogens is 1. The lowest BCUT2D eigenvalue weighted by Crippen LogP contribution is -2.19. The van der Waals surface area contributed by atoms with Crippen molar-refractivity contribution in [2.24, 2.45) is 4.99 Å². The van der Waals surface area contributed by atoms with Crippen LogP contribution in [0.15, 0.2) is 40.2 Å². The minimum atomic E-state index is -0.113. The summed E-state index contributed by atoms with van der Waals surface area (Å²) in [5, 5.41) is 3.81. The van der Waals surface area contributed by atoms with Crippen molar-refractivity contribution < 1.29 is 4.79 Å². The molecule has 2 rings (SSSR count). The molecule has 0 unspecified atom stereocenters. The van der Waals surface area contributed by atoms with Crippen molar-refractivity contribution in [3.8, 4) is 0 Å². The molecule has 0 spiro atoms. The zero-order chi connectivity index (χ0) is 13.5. The van der Waals surface area contributed by atoms with Crippen LogP contribution in [0.5, 0.6) is 0 Å². The minimum Gasteiger partial charge on any atom is -0.300 e. The molecule has 5 heteroatoms. The third-order valence-corrected chi connectivity index (χ3v) is 3.33. The fourth-order valence-electron chi connectivity index (χ4n) is 1.23. The van der Waals surface area contributed by atoms with Gasteiger partial charge in [0, 0.05) is 0 Å². The van der Waals surface area contributed by atoms with E-state index < -0.39 is 0 Å². The summed E-state index contributed by atoms with van der Waals surface area (Å²) in [4.78, 5) is 16.3. The Balaban J connectivity index is 0.000000771. The largest absolute Gasteiger partial charge is 0.300 e. The van der Waals surface area contributed by atoms with Crippen molar-refractivity contribution in [3.63, 3.8) is 0 Å². The maximum atomic E-state index is 11.4. The summed E-state index contributed by atoms with van der Waals surface area (Å²) in [6.45, 7) is 5.82. The Morgan fingerprint density at radius 1 is 1.33 bits per heavy atom. The Labute approximate surface area is 116 Å². The van der Waals surface area contributed by atoms with Crippen LogP contribution in [0.3, 0.4) is 0 Å². The molecule has 0 atom stereocenters. The number of para-hydroxylation sites is 1. The molecule has 1 aromatic carbocycles. The van der Waals surface area contributed by atoms with Crippen molar-refractivity contribution in [1.82, 2.24) is 5.32 Å². The van der Waals surface area contributed by atoms with E-state index in [1.807, 2.05) is 32.9 Å². The second-order valence-corrected chi connectivity index (χ2v) is 4.52. The summed E-state index contributed by atoms with van der Waals surface area (Å²) < 4.78 is 0. The topological polar surface area (TPSA) is 41.5 Å². The second-order valence-electron chi connectivity index (χ2n) is 3.08. The van der Waals surface area contributed by atoms with Gasteiger partial charge in [0.15, 0.2) is 5.17 Å². The van der Waals surface area contributed by atoms with Crippen LogP contribution < -0.4 is 5.32 Å². The number of rotatable bonds is 1. The average molecular weight is 283 g/mol. The van der Waals surface area contributed by atoms with Gasteiger partial charge in [-0.15, -0.1) is 0 Å². The van der Waals surface area contributed by atoms with E-state index in [9.17, 15) is 4.79 Å². The van der Waals surface area contributed by atoms with E-state index in [0.29, 0.717) is 20.8 Å². The van der Waals surface area contributed by atoms with E-state index in [2.05, 4.69) is 10.3 Å². The zero-order valence-corrected chi connectivity index (χ0v) is 12.1. The number of carbonyl (C=O) groups is 1. The first kappa shape index (κ1) is 14.8.